The molecule has 0 aromatic heterocycles. The smallest absolute Gasteiger partial charge is 0.332 e. The van der Waals surface area contributed by atoms with Crippen LogP contribution in [-0.2, 0) is 14.3 Å². The normalized spacial score (nSPS) is 21.9. The van der Waals surface area contributed by atoms with Crippen molar-refractivity contribution >= 4 is 5.97 Å². The summed E-state index contributed by atoms with van der Waals surface area (Å²) in [6.07, 6.45) is 1.05. The minimum absolute atomic E-state index is 0.0493. The molecule has 0 aliphatic carbocycles. The van der Waals surface area contributed by atoms with Gasteiger partial charge in [-0.3, -0.25) is 4.90 Å². The average molecular weight is 216 g/mol. The maximum Gasteiger partial charge on any atom is 0.332 e. The molecule has 0 aromatic rings. The van der Waals surface area contributed by atoms with E-state index in [1.807, 2.05) is 0 Å². The maximum absolute atomic E-state index is 10.9. The summed E-state index contributed by atoms with van der Waals surface area (Å²) in [4.78, 5) is 13.2. The second kappa shape index (κ2) is 6.76. The van der Waals surface area contributed by atoms with E-state index in [2.05, 4.69) is 4.90 Å². The van der Waals surface area contributed by atoms with E-state index in [-0.39, 0.29) is 12.6 Å². The molecule has 1 saturated heterocycles. The van der Waals surface area contributed by atoms with Crippen LogP contribution in [0.5, 0.6) is 0 Å². The number of rotatable bonds is 6. The predicted octanol–water partition coefficient (Wildman–Crippen LogP) is -0.401. The highest BCUT2D eigenvalue weighted by Gasteiger charge is 2.18. The van der Waals surface area contributed by atoms with Crippen molar-refractivity contribution in [3.8, 4) is 0 Å². The molecule has 5 nitrogen and oxygen atoms in total. The summed E-state index contributed by atoms with van der Waals surface area (Å²) < 4.78 is 9.92. The second-order valence-electron chi connectivity index (χ2n) is 3.71. The van der Waals surface area contributed by atoms with Gasteiger partial charge >= 0.3 is 5.97 Å². The molecule has 0 bridgehead atoms. The fraction of sp³-hybridized carbons (Fsp3) is 0.900. The minimum Gasteiger partial charge on any atom is -0.464 e. The van der Waals surface area contributed by atoms with Crippen molar-refractivity contribution in [1.82, 2.24) is 4.90 Å². The number of carbonyl (C=O) groups excluding carboxylic acids is 1. The first kappa shape index (κ1) is 12.4. The molecule has 1 atom stereocenters. The van der Waals surface area contributed by atoms with E-state index < -0.39 is 0 Å². The average Bonchev–Trinajstić information content (AvgIpc) is 2.60. The number of nitrogens with two attached hydrogens (primary N) is 1. The van der Waals surface area contributed by atoms with E-state index in [1.165, 1.54) is 0 Å². The molecule has 0 saturated carbocycles. The van der Waals surface area contributed by atoms with Crippen molar-refractivity contribution in [2.45, 2.75) is 19.4 Å². The van der Waals surface area contributed by atoms with E-state index in [1.54, 1.807) is 6.92 Å². The third kappa shape index (κ3) is 5.11. The number of ether oxygens (including phenoxy) is 2. The molecule has 1 heterocycles. The quantitative estimate of drug-likeness (QED) is 0.483. The van der Waals surface area contributed by atoms with Crippen molar-refractivity contribution in [3.05, 3.63) is 0 Å². The lowest BCUT2D eigenvalue weighted by molar-refractivity contribution is -0.148. The van der Waals surface area contributed by atoms with Gasteiger partial charge in [-0.2, -0.15) is 0 Å². The van der Waals surface area contributed by atoms with E-state index in [9.17, 15) is 4.79 Å². The molecule has 15 heavy (non-hydrogen) atoms. The Balaban J connectivity index is 1.95. The van der Waals surface area contributed by atoms with Crippen molar-refractivity contribution in [1.29, 1.82) is 0 Å². The number of hydrogen-bond acceptors (Lipinski definition) is 5. The van der Waals surface area contributed by atoms with E-state index >= 15 is 0 Å². The third-order valence-electron chi connectivity index (χ3n) is 2.39. The van der Waals surface area contributed by atoms with Crippen LogP contribution in [0.4, 0.5) is 0 Å². The van der Waals surface area contributed by atoms with Gasteiger partial charge in [-0.15, -0.1) is 0 Å². The van der Waals surface area contributed by atoms with Crippen molar-refractivity contribution in [3.63, 3.8) is 0 Å². The Bertz CT molecular complexity index is 199. The molecule has 1 fully saturated rings. The van der Waals surface area contributed by atoms with Crippen LogP contribution in [-0.4, -0.2) is 56.4 Å². The van der Waals surface area contributed by atoms with Crippen molar-refractivity contribution in [2.24, 2.45) is 5.73 Å². The molecule has 1 aliphatic rings. The summed E-state index contributed by atoms with van der Waals surface area (Å²) in [6.45, 7) is 5.60. The van der Waals surface area contributed by atoms with Crippen LogP contribution in [0.3, 0.4) is 0 Å². The summed E-state index contributed by atoms with van der Waals surface area (Å²) in [6, 6.07) is 0.301. The van der Waals surface area contributed by atoms with Gasteiger partial charge in [0.2, 0.25) is 0 Å². The van der Waals surface area contributed by atoms with Crippen molar-refractivity contribution in [2.75, 3.05) is 39.5 Å². The summed E-state index contributed by atoms with van der Waals surface area (Å²) in [7, 11) is 0. The van der Waals surface area contributed by atoms with Gasteiger partial charge in [-0.1, -0.05) is 0 Å². The Labute approximate surface area is 90.5 Å². The summed E-state index contributed by atoms with van der Waals surface area (Å²) >= 11 is 0. The zero-order valence-electron chi connectivity index (χ0n) is 9.28. The first-order chi connectivity index (χ1) is 7.22. The number of nitrogens with zero attached hydrogens (tertiary/aromatic N) is 1. The Hall–Kier alpha value is -0.650. The molecular formula is C10H20N2O3. The highest BCUT2D eigenvalue weighted by Crippen LogP contribution is 2.05. The first-order valence-corrected chi connectivity index (χ1v) is 5.43. The molecule has 88 valence electrons. The summed E-state index contributed by atoms with van der Waals surface area (Å²) in [5.41, 5.74) is 5.76. The number of esters is 1. The van der Waals surface area contributed by atoms with Gasteiger partial charge in [0.05, 0.1) is 13.2 Å². The van der Waals surface area contributed by atoms with Crippen LogP contribution in [0.2, 0.25) is 0 Å². The molecule has 0 amide bonds. The Morgan fingerprint density at radius 1 is 1.60 bits per heavy atom. The van der Waals surface area contributed by atoms with E-state index in [0.717, 1.165) is 26.1 Å². The molecule has 2 N–H and O–H groups in total. The first-order valence-electron chi connectivity index (χ1n) is 5.43. The second-order valence-corrected chi connectivity index (χ2v) is 3.71. The largest absolute Gasteiger partial charge is 0.464 e. The van der Waals surface area contributed by atoms with Crippen LogP contribution >= 0.6 is 0 Å². The van der Waals surface area contributed by atoms with Crippen LogP contribution in [0.15, 0.2) is 0 Å². The number of likely N-dealkylation sites (tertiary alicyclic amines) is 1. The van der Waals surface area contributed by atoms with Gasteiger partial charge in [0.1, 0.15) is 6.61 Å². The molecule has 0 aromatic carbocycles. The lowest BCUT2D eigenvalue weighted by Gasteiger charge is -2.14. The van der Waals surface area contributed by atoms with Gasteiger partial charge in [-0.25, -0.2) is 4.79 Å². The molecule has 0 spiro atoms. The molecule has 1 unspecified atom stereocenters. The minimum atomic E-state index is -0.296. The summed E-state index contributed by atoms with van der Waals surface area (Å²) in [5.74, 6) is -0.296. The highest BCUT2D eigenvalue weighted by atomic mass is 16.6. The lowest BCUT2D eigenvalue weighted by atomic mass is 10.3. The van der Waals surface area contributed by atoms with Crippen LogP contribution in [0.1, 0.15) is 13.3 Å². The topological polar surface area (TPSA) is 64.8 Å². The third-order valence-corrected chi connectivity index (χ3v) is 2.39. The fourth-order valence-electron chi connectivity index (χ4n) is 1.62. The van der Waals surface area contributed by atoms with E-state index in [0.29, 0.717) is 19.3 Å². The summed E-state index contributed by atoms with van der Waals surface area (Å²) in [5, 5.41) is 0. The van der Waals surface area contributed by atoms with Crippen LogP contribution in [0, 0.1) is 0 Å². The fourth-order valence-corrected chi connectivity index (χ4v) is 1.62. The van der Waals surface area contributed by atoms with Gasteiger partial charge < -0.3 is 15.2 Å². The zero-order chi connectivity index (χ0) is 11.1. The number of carbonyl (C=O) groups is 1. The van der Waals surface area contributed by atoms with Gasteiger partial charge in [0.25, 0.3) is 0 Å². The van der Waals surface area contributed by atoms with Gasteiger partial charge in [0.15, 0.2) is 0 Å². The lowest BCUT2D eigenvalue weighted by Crippen LogP contribution is -2.29. The molecule has 1 rings (SSSR count). The monoisotopic (exact) mass is 216 g/mol. The standard InChI is InChI=1S/C10H20N2O3/c1-2-15-10(13)8-14-6-5-12-4-3-9(11)7-12/h9H,2-8,11H2,1H3. The Morgan fingerprint density at radius 2 is 2.40 bits per heavy atom. The predicted molar refractivity (Wildman–Crippen MR) is 56.5 cm³/mol. The van der Waals surface area contributed by atoms with Gasteiger partial charge in [0, 0.05) is 19.1 Å². The Kier molecular flexibility index (Phi) is 5.60. The SMILES string of the molecule is CCOC(=O)COCCN1CCC(N)C1. The number of hydrogen-bond donors (Lipinski definition) is 1. The Morgan fingerprint density at radius 3 is 3.00 bits per heavy atom. The molecular weight excluding hydrogens is 196 g/mol. The molecule has 5 heteroatoms. The molecule has 0 radical (unpaired) electrons. The van der Waals surface area contributed by atoms with Gasteiger partial charge in [-0.05, 0) is 19.9 Å². The van der Waals surface area contributed by atoms with E-state index in [4.69, 9.17) is 15.2 Å². The molecule has 1 aliphatic heterocycles. The van der Waals surface area contributed by atoms with Crippen molar-refractivity contribution < 1.29 is 14.3 Å². The van der Waals surface area contributed by atoms with Crippen LogP contribution in [0.25, 0.3) is 0 Å². The van der Waals surface area contributed by atoms with Crippen LogP contribution < -0.4 is 5.73 Å². The highest BCUT2D eigenvalue weighted by molar-refractivity contribution is 5.70. The zero-order valence-corrected chi connectivity index (χ0v) is 9.28. The maximum atomic E-state index is 10.9.